The Morgan fingerprint density at radius 2 is 1.93 bits per heavy atom. The van der Waals surface area contributed by atoms with Crippen molar-refractivity contribution in [2.45, 2.75) is 26.4 Å². The molecular formula is C18H25NO9P+. The molecule has 0 saturated carbocycles. The smallest absolute Gasteiger partial charge is 0.469 e. The largest absolute Gasteiger partial charge is 0.620 e. The number of benzene rings is 1. The van der Waals surface area contributed by atoms with Crippen LogP contribution in [-0.4, -0.2) is 56.2 Å². The van der Waals surface area contributed by atoms with Gasteiger partial charge in [-0.05, 0) is 12.1 Å². The van der Waals surface area contributed by atoms with E-state index >= 15 is 0 Å². The Morgan fingerprint density at radius 3 is 2.59 bits per heavy atom. The zero-order valence-corrected chi connectivity index (χ0v) is 17.6. The monoisotopic (exact) mass is 430 g/mol. The third kappa shape index (κ3) is 5.86. The van der Waals surface area contributed by atoms with E-state index in [1.165, 1.54) is 26.4 Å². The molecule has 0 aromatic heterocycles. The van der Waals surface area contributed by atoms with E-state index in [9.17, 15) is 19.3 Å². The summed E-state index contributed by atoms with van der Waals surface area (Å²) >= 11 is 0. The van der Waals surface area contributed by atoms with Crippen molar-refractivity contribution in [1.29, 1.82) is 0 Å². The van der Waals surface area contributed by atoms with Gasteiger partial charge >= 0.3 is 20.1 Å². The number of nitrogens with one attached hydrogen (secondary N) is 1. The summed E-state index contributed by atoms with van der Waals surface area (Å²) in [5.74, 6) is -1.67. The first-order chi connectivity index (χ1) is 13.6. The third-order valence-electron chi connectivity index (χ3n) is 4.15. The summed E-state index contributed by atoms with van der Waals surface area (Å²) < 4.78 is 25.7. The molecule has 2 atom stereocenters. The standard InChI is InChI=1S/C18H24NO9P/c1-18(2)11-26-29(23,27-13-8-6-5-7-12(13)17(22)25-4)28-15(18)16(21)19-10-9-14(20)24-3/h5-8,15,23H,9-11H2,1-4H3/p+1/t15-,29?/m0/s1. The minimum absolute atomic E-state index is 0.000242. The molecule has 2 N–H and O–H groups in total. The number of carbonyl (C=O) groups excluding carboxylic acids is 3. The van der Waals surface area contributed by atoms with Crippen LogP contribution in [0, 0.1) is 5.41 Å². The molecule has 1 aliphatic heterocycles. The van der Waals surface area contributed by atoms with Crippen LogP contribution in [0.4, 0.5) is 0 Å². The van der Waals surface area contributed by atoms with Gasteiger partial charge in [0.2, 0.25) is 0 Å². The van der Waals surface area contributed by atoms with Gasteiger partial charge < -0.3 is 14.8 Å². The first-order valence-electron chi connectivity index (χ1n) is 8.78. The lowest BCUT2D eigenvalue weighted by molar-refractivity contribution is -0.143. The molecule has 1 aromatic rings. The topological polar surface area (TPSA) is 130 Å². The van der Waals surface area contributed by atoms with Crippen molar-refractivity contribution in [3.63, 3.8) is 0 Å². The van der Waals surface area contributed by atoms with Crippen molar-refractivity contribution < 1.29 is 42.3 Å². The Balaban J connectivity index is 2.14. The lowest BCUT2D eigenvalue weighted by atomic mass is 9.87. The minimum atomic E-state index is -3.97. The highest BCUT2D eigenvalue weighted by Crippen LogP contribution is 2.63. The van der Waals surface area contributed by atoms with Crippen LogP contribution in [0.3, 0.4) is 0 Å². The van der Waals surface area contributed by atoms with Crippen LogP contribution in [0.1, 0.15) is 30.6 Å². The third-order valence-corrected chi connectivity index (χ3v) is 5.51. The molecule has 29 heavy (non-hydrogen) atoms. The van der Waals surface area contributed by atoms with E-state index < -0.39 is 37.5 Å². The van der Waals surface area contributed by atoms with Crippen LogP contribution >= 0.6 is 8.17 Å². The highest BCUT2D eigenvalue weighted by Gasteiger charge is 2.60. The molecule has 1 unspecified atom stereocenters. The van der Waals surface area contributed by atoms with Gasteiger partial charge in [-0.2, -0.15) is 4.89 Å². The zero-order valence-electron chi connectivity index (χ0n) is 16.7. The molecular weight excluding hydrogens is 405 g/mol. The van der Waals surface area contributed by atoms with E-state index in [-0.39, 0.29) is 30.9 Å². The number of hydrogen-bond acceptors (Lipinski definition) is 9. The van der Waals surface area contributed by atoms with E-state index in [1.807, 2.05) is 0 Å². The number of carbonyl (C=O) groups is 3. The van der Waals surface area contributed by atoms with Gasteiger partial charge in [0.05, 0.1) is 20.6 Å². The first kappa shape index (κ1) is 23.0. The highest BCUT2D eigenvalue weighted by atomic mass is 31.2. The number of rotatable bonds is 7. The van der Waals surface area contributed by atoms with Gasteiger partial charge in [0, 0.05) is 12.0 Å². The molecule has 1 saturated heterocycles. The summed E-state index contributed by atoms with van der Waals surface area (Å²) in [4.78, 5) is 46.4. The number of ether oxygens (including phenoxy) is 2. The number of methoxy groups -OCH3 is 2. The van der Waals surface area contributed by atoms with Gasteiger partial charge in [-0.25, -0.2) is 4.79 Å². The molecule has 2 rings (SSSR count). The summed E-state index contributed by atoms with van der Waals surface area (Å²) in [6, 6.07) is 6.10. The van der Waals surface area contributed by atoms with Crippen molar-refractivity contribution in [2.75, 3.05) is 27.4 Å². The maximum atomic E-state index is 12.6. The molecule has 0 aliphatic carbocycles. The first-order valence-corrected chi connectivity index (χ1v) is 10.3. The summed E-state index contributed by atoms with van der Waals surface area (Å²) in [5, 5.41) is 2.57. The number of hydrogen-bond donors (Lipinski definition) is 2. The number of amides is 1. The summed E-state index contributed by atoms with van der Waals surface area (Å²) in [6.45, 7) is 3.46. The van der Waals surface area contributed by atoms with Crippen molar-refractivity contribution >= 4 is 26.0 Å². The number of esters is 2. The second-order valence-electron chi connectivity index (χ2n) is 6.91. The van der Waals surface area contributed by atoms with E-state index in [2.05, 4.69) is 10.1 Å². The van der Waals surface area contributed by atoms with Gasteiger partial charge in [-0.3, -0.25) is 14.1 Å². The fourth-order valence-electron chi connectivity index (χ4n) is 2.51. The lowest BCUT2D eigenvalue weighted by Gasteiger charge is -2.36. The van der Waals surface area contributed by atoms with Gasteiger partial charge in [-0.1, -0.05) is 26.0 Å². The van der Waals surface area contributed by atoms with Crippen LogP contribution in [-0.2, 0) is 28.1 Å². The van der Waals surface area contributed by atoms with Crippen LogP contribution in [0.25, 0.3) is 0 Å². The Labute approximate surface area is 169 Å². The van der Waals surface area contributed by atoms with Crippen LogP contribution in [0.15, 0.2) is 24.3 Å². The zero-order chi connectivity index (χ0) is 21.7. The summed E-state index contributed by atoms with van der Waals surface area (Å²) in [5.41, 5.74) is -0.716. The van der Waals surface area contributed by atoms with Crippen molar-refractivity contribution in [1.82, 2.24) is 5.32 Å². The maximum absolute atomic E-state index is 12.6. The second kappa shape index (κ2) is 9.49. The van der Waals surface area contributed by atoms with Gasteiger partial charge in [0.25, 0.3) is 5.91 Å². The molecule has 11 heteroatoms. The molecule has 0 spiro atoms. The van der Waals surface area contributed by atoms with Gasteiger partial charge in [-0.15, -0.1) is 9.05 Å². The Bertz CT molecular complexity index is 769. The average molecular weight is 430 g/mol. The lowest BCUT2D eigenvalue weighted by Crippen LogP contribution is -2.51. The molecule has 10 nitrogen and oxygen atoms in total. The molecule has 0 radical (unpaired) electrons. The highest BCUT2D eigenvalue weighted by molar-refractivity contribution is 7.56. The maximum Gasteiger partial charge on any atom is 0.620 e. The van der Waals surface area contributed by atoms with Crippen molar-refractivity contribution in [2.24, 2.45) is 5.41 Å². The molecule has 1 aromatic carbocycles. The Morgan fingerprint density at radius 1 is 1.24 bits per heavy atom. The molecule has 160 valence electrons. The fraction of sp³-hybridized carbons (Fsp3) is 0.500. The number of para-hydroxylation sites is 1. The summed E-state index contributed by atoms with van der Waals surface area (Å²) in [7, 11) is -1.50. The fourth-order valence-corrected chi connectivity index (χ4v) is 4.22. The SMILES string of the molecule is COC(=O)CCNC(=O)[C@@H]1O[P+](O)(Oc2ccccc2C(=O)OC)OCC1(C)C. The predicted octanol–water partition coefficient (Wildman–Crippen LogP) is 1.64. The van der Waals surface area contributed by atoms with Crippen LogP contribution in [0.5, 0.6) is 5.75 Å². The van der Waals surface area contributed by atoms with Crippen molar-refractivity contribution in [3.8, 4) is 5.75 Å². The quantitative estimate of drug-likeness (QED) is 0.490. The van der Waals surface area contributed by atoms with Crippen LogP contribution < -0.4 is 9.84 Å². The van der Waals surface area contributed by atoms with Crippen molar-refractivity contribution in [3.05, 3.63) is 29.8 Å². The molecule has 1 amide bonds. The predicted molar refractivity (Wildman–Crippen MR) is 102 cm³/mol. The van der Waals surface area contributed by atoms with E-state index in [4.69, 9.17) is 18.3 Å². The molecule has 1 fully saturated rings. The summed E-state index contributed by atoms with van der Waals surface area (Å²) in [6.07, 6.45) is -1.12. The second-order valence-corrected chi connectivity index (χ2v) is 8.50. The Kier molecular flexibility index (Phi) is 7.54. The Hall–Kier alpha value is -2.26. The van der Waals surface area contributed by atoms with E-state index in [0.717, 1.165) is 0 Å². The molecule has 1 heterocycles. The normalized spacial score (nSPS) is 23.0. The van der Waals surface area contributed by atoms with Crippen LogP contribution in [0.2, 0.25) is 0 Å². The van der Waals surface area contributed by atoms with E-state index in [1.54, 1.807) is 26.0 Å². The van der Waals surface area contributed by atoms with Gasteiger partial charge in [0.1, 0.15) is 12.2 Å². The average Bonchev–Trinajstić information content (AvgIpc) is 2.69. The molecule has 0 bridgehead atoms. The minimum Gasteiger partial charge on any atom is -0.469 e. The van der Waals surface area contributed by atoms with E-state index in [0.29, 0.717) is 0 Å². The van der Waals surface area contributed by atoms with Gasteiger partial charge in [0.15, 0.2) is 11.9 Å². The molecule has 1 aliphatic rings.